The van der Waals surface area contributed by atoms with Gasteiger partial charge in [-0.3, -0.25) is 9.59 Å². The molecule has 0 aromatic heterocycles. The lowest BCUT2D eigenvalue weighted by Crippen LogP contribution is -2.26. The first kappa shape index (κ1) is 6.57. The molecule has 3 nitrogen and oxygen atoms in total. The second-order valence-corrected chi connectivity index (χ2v) is 4.92. The Bertz CT molecular complexity index is 305. The van der Waals surface area contributed by atoms with Gasteiger partial charge in [0.15, 0.2) is 0 Å². The van der Waals surface area contributed by atoms with Crippen LogP contribution in [0.15, 0.2) is 0 Å². The molecular weight excluding hydrogens is 168 g/mol. The van der Waals surface area contributed by atoms with Gasteiger partial charge in [0.05, 0.1) is 11.8 Å². The van der Waals surface area contributed by atoms with Crippen LogP contribution in [0.1, 0.15) is 12.8 Å². The summed E-state index contributed by atoms with van der Waals surface area (Å²) in [4.78, 5) is 22.8. The van der Waals surface area contributed by atoms with Gasteiger partial charge in [-0.25, -0.2) is 0 Å². The normalized spacial score (nSPS) is 60.6. The first-order chi connectivity index (χ1) is 6.27. The summed E-state index contributed by atoms with van der Waals surface area (Å²) < 4.78 is 4.70. The molecule has 4 rings (SSSR count). The number of fused-ring (bicyclic) bond motifs is 8. The summed E-state index contributed by atoms with van der Waals surface area (Å²) in [6, 6.07) is 0. The summed E-state index contributed by atoms with van der Waals surface area (Å²) in [7, 11) is 0. The van der Waals surface area contributed by atoms with E-state index in [0.29, 0.717) is 11.8 Å². The van der Waals surface area contributed by atoms with Crippen molar-refractivity contribution in [3.8, 4) is 0 Å². The Labute approximate surface area is 75.4 Å². The molecule has 3 aliphatic carbocycles. The topological polar surface area (TPSA) is 43.4 Å². The number of carbonyl (C=O) groups is 2. The Morgan fingerprint density at radius 3 is 1.85 bits per heavy atom. The van der Waals surface area contributed by atoms with Crippen molar-refractivity contribution in [1.82, 2.24) is 0 Å². The first-order valence-corrected chi connectivity index (χ1v) is 5.03. The van der Waals surface area contributed by atoms with Gasteiger partial charge in [0.25, 0.3) is 0 Å². The highest BCUT2D eigenvalue weighted by molar-refractivity contribution is 5.97. The fourth-order valence-corrected chi connectivity index (χ4v) is 4.12. The Kier molecular flexibility index (Phi) is 0.848. The maximum absolute atomic E-state index is 11.4. The van der Waals surface area contributed by atoms with Crippen molar-refractivity contribution in [2.45, 2.75) is 12.8 Å². The molecule has 2 bridgehead atoms. The van der Waals surface area contributed by atoms with E-state index in [4.69, 9.17) is 4.74 Å². The highest BCUT2D eigenvalue weighted by Gasteiger charge is 2.71. The molecule has 0 spiro atoms. The Balaban J connectivity index is 1.84. The van der Waals surface area contributed by atoms with Crippen LogP contribution in [0.2, 0.25) is 0 Å². The quantitative estimate of drug-likeness (QED) is 0.402. The SMILES string of the molecule is O=C1OC(=O)[C@H]2[C@H]3C[C@H]([C@H]4C[C@H]43)[C@@H]12. The number of esters is 2. The molecule has 0 aromatic carbocycles. The van der Waals surface area contributed by atoms with Crippen LogP contribution in [0.4, 0.5) is 0 Å². The van der Waals surface area contributed by atoms with Gasteiger partial charge in [0, 0.05) is 0 Å². The van der Waals surface area contributed by atoms with Crippen LogP contribution >= 0.6 is 0 Å². The van der Waals surface area contributed by atoms with E-state index in [1.807, 2.05) is 0 Å². The molecule has 4 aliphatic rings. The third-order valence-corrected chi connectivity index (χ3v) is 4.59. The minimum absolute atomic E-state index is 0.0405. The van der Waals surface area contributed by atoms with E-state index >= 15 is 0 Å². The van der Waals surface area contributed by atoms with Gasteiger partial charge in [-0.15, -0.1) is 0 Å². The van der Waals surface area contributed by atoms with Crippen LogP contribution in [0, 0.1) is 35.5 Å². The van der Waals surface area contributed by atoms with E-state index in [0.717, 1.165) is 18.3 Å². The van der Waals surface area contributed by atoms with Gasteiger partial charge in [-0.2, -0.15) is 0 Å². The Hall–Kier alpha value is -0.860. The molecule has 1 heterocycles. The lowest BCUT2D eigenvalue weighted by atomic mass is 9.81. The number of hydrogen-bond acceptors (Lipinski definition) is 3. The van der Waals surface area contributed by atoms with E-state index in [9.17, 15) is 9.59 Å². The van der Waals surface area contributed by atoms with E-state index in [1.165, 1.54) is 6.42 Å². The molecule has 6 atom stereocenters. The summed E-state index contributed by atoms with van der Waals surface area (Å²) in [6.45, 7) is 0. The molecule has 0 unspecified atom stereocenters. The molecule has 0 radical (unpaired) electrons. The molecule has 13 heavy (non-hydrogen) atoms. The molecule has 1 aliphatic heterocycles. The largest absolute Gasteiger partial charge is 0.393 e. The van der Waals surface area contributed by atoms with Gasteiger partial charge < -0.3 is 4.74 Å². The average Bonchev–Trinajstić information content (AvgIpc) is 2.58. The Morgan fingerprint density at radius 1 is 0.846 bits per heavy atom. The third kappa shape index (κ3) is 0.550. The van der Waals surface area contributed by atoms with Crippen molar-refractivity contribution >= 4 is 11.9 Å². The molecule has 3 saturated carbocycles. The highest BCUT2D eigenvalue weighted by Crippen LogP contribution is 2.70. The number of carbonyl (C=O) groups excluding carboxylic acids is 2. The molecule has 68 valence electrons. The van der Waals surface area contributed by atoms with Crippen molar-refractivity contribution < 1.29 is 14.3 Å². The minimum Gasteiger partial charge on any atom is -0.393 e. The lowest BCUT2D eigenvalue weighted by molar-refractivity contribution is -0.154. The molecule has 3 heteroatoms. The van der Waals surface area contributed by atoms with Gasteiger partial charge in [0.2, 0.25) is 0 Å². The zero-order chi connectivity index (χ0) is 8.74. The van der Waals surface area contributed by atoms with E-state index < -0.39 is 0 Å². The number of ether oxygens (including phenoxy) is 1. The molecular formula is C10H10O3. The standard InChI is InChI=1S/C10H10O3/c11-9-7-5-2-6(4-1-3(4)5)8(7)10(12)13-9/h3-8H,1-2H2/t3-,4+,5+,6-,7+,8-. The lowest BCUT2D eigenvalue weighted by Gasteiger charge is -2.17. The second kappa shape index (κ2) is 1.68. The monoisotopic (exact) mass is 178 g/mol. The van der Waals surface area contributed by atoms with Crippen LogP contribution in [0.3, 0.4) is 0 Å². The predicted molar refractivity (Wildman–Crippen MR) is 41.3 cm³/mol. The molecule has 0 amide bonds. The number of cyclic esters (lactones) is 2. The summed E-state index contributed by atoms with van der Waals surface area (Å²) in [5.41, 5.74) is 0. The zero-order valence-corrected chi connectivity index (χ0v) is 7.10. The van der Waals surface area contributed by atoms with Gasteiger partial charge in [-0.05, 0) is 36.5 Å². The van der Waals surface area contributed by atoms with Crippen molar-refractivity contribution in [3.05, 3.63) is 0 Å². The van der Waals surface area contributed by atoms with Crippen molar-refractivity contribution in [3.63, 3.8) is 0 Å². The Morgan fingerprint density at radius 2 is 1.31 bits per heavy atom. The third-order valence-electron chi connectivity index (χ3n) is 4.59. The minimum atomic E-state index is -0.229. The van der Waals surface area contributed by atoms with Gasteiger partial charge in [-0.1, -0.05) is 0 Å². The number of rotatable bonds is 0. The van der Waals surface area contributed by atoms with Crippen LogP contribution in [0.25, 0.3) is 0 Å². The summed E-state index contributed by atoms with van der Waals surface area (Å²) >= 11 is 0. The molecule has 0 N–H and O–H groups in total. The predicted octanol–water partition coefficient (Wildman–Crippen LogP) is 0.588. The second-order valence-electron chi connectivity index (χ2n) is 4.92. The van der Waals surface area contributed by atoms with Crippen LogP contribution in [-0.2, 0) is 14.3 Å². The van der Waals surface area contributed by atoms with Gasteiger partial charge in [0.1, 0.15) is 0 Å². The van der Waals surface area contributed by atoms with Crippen LogP contribution in [0.5, 0.6) is 0 Å². The van der Waals surface area contributed by atoms with Gasteiger partial charge >= 0.3 is 11.9 Å². The number of hydrogen-bond donors (Lipinski definition) is 0. The summed E-state index contributed by atoms with van der Waals surface area (Å²) in [5, 5.41) is 0. The summed E-state index contributed by atoms with van der Waals surface area (Å²) in [6.07, 6.45) is 2.38. The van der Waals surface area contributed by atoms with E-state index in [-0.39, 0.29) is 23.8 Å². The average molecular weight is 178 g/mol. The summed E-state index contributed by atoms with van der Waals surface area (Å²) in [5.74, 6) is 2.00. The fraction of sp³-hybridized carbons (Fsp3) is 0.800. The van der Waals surface area contributed by atoms with Crippen LogP contribution in [-0.4, -0.2) is 11.9 Å². The van der Waals surface area contributed by atoms with Crippen molar-refractivity contribution in [2.75, 3.05) is 0 Å². The molecule has 0 aromatic rings. The first-order valence-electron chi connectivity index (χ1n) is 5.03. The van der Waals surface area contributed by atoms with Crippen molar-refractivity contribution in [1.29, 1.82) is 0 Å². The smallest absolute Gasteiger partial charge is 0.317 e. The fourth-order valence-electron chi connectivity index (χ4n) is 4.12. The molecule has 4 fully saturated rings. The maximum Gasteiger partial charge on any atom is 0.317 e. The van der Waals surface area contributed by atoms with E-state index in [1.54, 1.807) is 0 Å². The highest BCUT2D eigenvalue weighted by atomic mass is 16.6. The van der Waals surface area contributed by atoms with Crippen molar-refractivity contribution in [2.24, 2.45) is 35.5 Å². The van der Waals surface area contributed by atoms with E-state index in [2.05, 4.69) is 0 Å². The zero-order valence-electron chi connectivity index (χ0n) is 7.10. The molecule has 1 saturated heterocycles. The van der Waals surface area contributed by atoms with Crippen LogP contribution < -0.4 is 0 Å². The maximum atomic E-state index is 11.4.